The van der Waals surface area contributed by atoms with Gasteiger partial charge in [-0.3, -0.25) is 19.5 Å². The first-order valence-corrected chi connectivity index (χ1v) is 12.1. The van der Waals surface area contributed by atoms with Crippen molar-refractivity contribution in [3.05, 3.63) is 101 Å². The molecule has 0 aliphatic carbocycles. The van der Waals surface area contributed by atoms with Gasteiger partial charge in [-0.05, 0) is 36.2 Å². The monoisotopic (exact) mass is 490 g/mol. The predicted molar refractivity (Wildman–Crippen MR) is 128 cm³/mol. The minimum atomic E-state index is -0.918. The summed E-state index contributed by atoms with van der Waals surface area (Å²) < 4.78 is 6.14. The average Bonchev–Trinajstić information content (AvgIpc) is 3.57. The van der Waals surface area contributed by atoms with E-state index in [-0.39, 0.29) is 16.5 Å². The largest absolute Gasteiger partial charge is 0.503 e. The predicted octanol–water partition coefficient (Wildman–Crippen LogP) is 4.91. The molecule has 0 spiro atoms. The molecule has 1 aromatic carbocycles. The number of aromatic nitrogens is 3. The number of aliphatic hydroxyl groups excluding tert-OH is 1. The molecule has 8 nitrogen and oxygen atoms in total. The molecule has 4 heterocycles. The highest BCUT2D eigenvalue weighted by Gasteiger charge is 2.46. The fourth-order valence-corrected chi connectivity index (χ4v) is 5.48. The SMILES string of the molecule is Cc1ccc(C(=O)C2=C(O)C(=O)N(c3nnc(SCc4ccccc4)s3)[C@H]2c2cccnc2)o1. The third-order valence-corrected chi connectivity index (χ3v) is 7.35. The van der Waals surface area contributed by atoms with E-state index in [4.69, 9.17) is 4.42 Å². The maximum Gasteiger partial charge on any atom is 0.296 e. The van der Waals surface area contributed by atoms with Gasteiger partial charge in [0.2, 0.25) is 10.9 Å². The van der Waals surface area contributed by atoms with Crippen LogP contribution in [0.2, 0.25) is 0 Å². The van der Waals surface area contributed by atoms with Crippen molar-refractivity contribution in [3.8, 4) is 0 Å². The normalized spacial score (nSPS) is 15.9. The first-order chi connectivity index (χ1) is 16.5. The number of furan rings is 1. The number of amides is 1. The van der Waals surface area contributed by atoms with E-state index in [1.54, 1.807) is 37.5 Å². The molecule has 5 rings (SSSR count). The molecule has 1 amide bonds. The number of Topliss-reactive ketones (excluding diaryl/α,β-unsaturated/α-hetero) is 1. The minimum Gasteiger partial charge on any atom is -0.503 e. The van der Waals surface area contributed by atoms with Gasteiger partial charge < -0.3 is 9.52 Å². The van der Waals surface area contributed by atoms with Crippen molar-refractivity contribution in [2.75, 3.05) is 4.90 Å². The number of benzene rings is 1. The van der Waals surface area contributed by atoms with Crippen molar-refractivity contribution >= 4 is 39.9 Å². The van der Waals surface area contributed by atoms with Crippen LogP contribution in [0.25, 0.3) is 0 Å². The third-order valence-electron chi connectivity index (χ3n) is 5.22. The summed E-state index contributed by atoms with van der Waals surface area (Å²) in [6.07, 6.45) is 3.14. The summed E-state index contributed by atoms with van der Waals surface area (Å²) in [6, 6.07) is 15.6. The Balaban J connectivity index is 1.49. The number of ketones is 1. The summed E-state index contributed by atoms with van der Waals surface area (Å²) >= 11 is 2.72. The number of nitrogens with zero attached hydrogens (tertiary/aromatic N) is 4. The first-order valence-electron chi connectivity index (χ1n) is 10.3. The molecule has 3 aromatic heterocycles. The Hall–Kier alpha value is -3.76. The maximum atomic E-state index is 13.3. The molecule has 0 radical (unpaired) electrons. The molecule has 34 heavy (non-hydrogen) atoms. The molecule has 1 aliphatic rings. The van der Waals surface area contributed by atoms with Crippen molar-refractivity contribution in [1.82, 2.24) is 15.2 Å². The molecular formula is C24H18N4O4S2. The van der Waals surface area contributed by atoms with Gasteiger partial charge in [-0.25, -0.2) is 0 Å². The molecule has 0 fully saturated rings. The lowest BCUT2D eigenvalue weighted by Crippen LogP contribution is -2.31. The number of carbonyl (C=O) groups is 2. The molecule has 4 aromatic rings. The Kier molecular flexibility index (Phi) is 5.99. The van der Waals surface area contributed by atoms with Crippen LogP contribution in [-0.4, -0.2) is 32.0 Å². The number of anilines is 1. The van der Waals surface area contributed by atoms with Crippen LogP contribution >= 0.6 is 23.1 Å². The lowest BCUT2D eigenvalue weighted by molar-refractivity contribution is -0.117. The number of pyridine rings is 1. The van der Waals surface area contributed by atoms with Crippen LogP contribution in [-0.2, 0) is 10.5 Å². The van der Waals surface area contributed by atoms with E-state index in [2.05, 4.69) is 15.2 Å². The van der Waals surface area contributed by atoms with E-state index in [9.17, 15) is 14.7 Å². The van der Waals surface area contributed by atoms with Crippen molar-refractivity contribution in [3.63, 3.8) is 0 Å². The second kappa shape index (κ2) is 9.24. The van der Waals surface area contributed by atoms with E-state index in [0.717, 1.165) is 5.56 Å². The molecule has 1 atom stereocenters. The van der Waals surface area contributed by atoms with E-state index in [1.165, 1.54) is 34.1 Å². The highest BCUT2D eigenvalue weighted by atomic mass is 32.2. The van der Waals surface area contributed by atoms with Gasteiger partial charge in [-0.2, -0.15) is 0 Å². The third kappa shape index (κ3) is 4.13. The smallest absolute Gasteiger partial charge is 0.296 e. The number of aryl methyl sites for hydroxylation is 1. The van der Waals surface area contributed by atoms with Crippen LogP contribution in [0.5, 0.6) is 0 Å². The van der Waals surface area contributed by atoms with Crippen molar-refractivity contribution in [2.24, 2.45) is 0 Å². The summed E-state index contributed by atoms with van der Waals surface area (Å²) in [4.78, 5) is 31.9. The minimum absolute atomic E-state index is 0.0407. The summed E-state index contributed by atoms with van der Waals surface area (Å²) in [5, 5.41) is 19.5. The van der Waals surface area contributed by atoms with Gasteiger partial charge in [0.1, 0.15) is 5.76 Å². The lowest BCUT2D eigenvalue weighted by atomic mass is 9.96. The quantitative estimate of drug-likeness (QED) is 0.221. The van der Waals surface area contributed by atoms with Crippen molar-refractivity contribution < 1.29 is 19.1 Å². The summed E-state index contributed by atoms with van der Waals surface area (Å²) in [5.74, 6) is -0.650. The van der Waals surface area contributed by atoms with E-state index in [1.807, 2.05) is 30.3 Å². The molecule has 10 heteroatoms. The Labute approximate surface area is 203 Å². The summed E-state index contributed by atoms with van der Waals surface area (Å²) in [5.41, 5.74) is 1.61. The molecule has 170 valence electrons. The Morgan fingerprint density at radius 1 is 1.15 bits per heavy atom. The lowest BCUT2D eigenvalue weighted by Gasteiger charge is -2.23. The number of carbonyl (C=O) groups excluding carboxylic acids is 2. The van der Waals surface area contributed by atoms with E-state index >= 15 is 0 Å². The van der Waals surface area contributed by atoms with Crippen molar-refractivity contribution in [2.45, 2.75) is 23.1 Å². The van der Waals surface area contributed by atoms with Gasteiger partial charge in [0.05, 0.1) is 11.6 Å². The number of rotatable bonds is 7. The van der Waals surface area contributed by atoms with Gasteiger partial charge in [0, 0.05) is 18.1 Å². The van der Waals surface area contributed by atoms with Gasteiger partial charge >= 0.3 is 0 Å². The fourth-order valence-electron chi connectivity index (χ4n) is 3.65. The van der Waals surface area contributed by atoms with Crippen LogP contribution in [0.4, 0.5) is 5.13 Å². The number of thioether (sulfide) groups is 1. The van der Waals surface area contributed by atoms with Crippen molar-refractivity contribution in [1.29, 1.82) is 0 Å². The maximum absolute atomic E-state index is 13.3. The number of aliphatic hydroxyl groups is 1. The molecule has 0 saturated heterocycles. The van der Waals surface area contributed by atoms with Crippen LogP contribution < -0.4 is 4.90 Å². The standard InChI is InChI=1S/C24H18N4O4S2/c1-14-9-10-17(32-14)20(29)18-19(16-8-5-11-25-12-16)28(22(31)21(18)30)23-26-27-24(34-23)33-13-15-6-3-2-4-7-15/h2-12,19,30H,13H2,1H3/t19-/m0/s1. The van der Waals surface area contributed by atoms with Gasteiger partial charge in [0.25, 0.3) is 5.91 Å². The Morgan fingerprint density at radius 2 is 1.97 bits per heavy atom. The first kappa shape index (κ1) is 22.1. The van der Waals surface area contributed by atoms with Gasteiger partial charge in [-0.15, -0.1) is 10.2 Å². The highest BCUT2D eigenvalue weighted by molar-refractivity contribution is 8.00. The van der Waals surface area contributed by atoms with Crippen LogP contribution in [0.3, 0.4) is 0 Å². The summed E-state index contributed by atoms with van der Waals surface area (Å²) in [7, 11) is 0. The van der Waals surface area contributed by atoms with Gasteiger partial charge in [0.15, 0.2) is 15.9 Å². The molecule has 0 bridgehead atoms. The second-order valence-electron chi connectivity index (χ2n) is 7.49. The molecule has 0 unspecified atom stereocenters. The Bertz CT molecular complexity index is 1380. The van der Waals surface area contributed by atoms with Crippen LogP contribution in [0, 0.1) is 6.92 Å². The summed E-state index contributed by atoms with van der Waals surface area (Å²) in [6.45, 7) is 1.71. The zero-order valence-electron chi connectivity index (χ0n) is 17.9. The molecule has 0 saturated carbocycles. The number of hydrogen-bond donors (Lipinski definition) is 1. The van der Waals surface area contributed by atoms with Gasteiger partial charge in [-0.1, -0.05) is 59.5 Å². The highest BCUT2D eigenvalue weighted by Crippen LogP contribution is 2.43. The Morgan fingerprint density at radius 3 is 2.68 bits per heavy atom. The second-order valence-corrected chi connectivity index (χ2v) is 9.67. The topological polar surface area (TPSA) is 109 Å². The van der Waals surface area contributed by atoms with Crippen LogP contribution in [0.1, 0.15) is 33.5 Å². The average molecular weight is 491 g/mol. The zero-order chi connectivity index (χ0) is 23.7. The fraction of sp³-hybridized carbons (Fsp3) is 0.125. The van der Waals surface area contributed by atoms with Crippen LogP contribution in [0.15, 0.2) is 87.1 Å². The van der Waals surface area contributed by atoms with E-state index in [0.29, 0.717) is 21.4 Å². The molecular weight excluding hydrogens is 472 g/mol. The zero-order valence-corrected chi connectivity index (χ0v) is 19.5. The molecule has 1 aliphatic heterocycles. The number of hydrogen-bond acceptors (Lipinski definition) is 9. The van der Waals surface area contributed by atoms with E-state index < -0.39 is 23.5 Å². The molecule has 1 N–H and O–H groups in total.